The predicted octanol–water partition coefficient (Wildman–Crippen LogP) is 1.81. The summed E-state index contributed by atoms with van der Waals surface area (Å²) >= 11 is 0. The second-order valence-electron chi connectivity index (χ2n) is 6.29. The lowest BCUT2D eigenvalue weighted by Gasteiger charge is -2.46. The Kier molecular flexibility index (Phi) is 3.91. The summed E-state index contributed by atoms with van der Waals surface area (Å²) in [6, 6.07) is 9.83. The van der Waals surface area contributed by atoms with Gasteiger partial charge in [-0.15, -0.1) is 0 Å². The normalized spacial score (nSPS) is 27.0. The zero-order valence-corrected chi connectivity index (χ0v) is 12.7. The SMILES string of the molecule is C[C@@H]1CN(C(=O)C2(c3ccccc3)CCC2)CC(C(=O)O)O1. The number of benzene rings is 1. The average Bonchev–Trinajstić information content (AvgIpc) is 2.46. The second-order valence-corrected chi connectivity index (χ2v) is 6.29. The fourth-order valence-corrected chi connectivity index (χ4v) is 3.47. The number of nitrogens with zero attached hydrogens (tertiary/aromatic N) is 1. The van der Waals surface area contributed by atoms with E-state index in [0.29, 0.717) is 6.54 Å². The van der Waals surface area contributed by atoms with Crippen LogP contribution in [-0.4, -0.2) is 47.2 Å². The number of rotatable bonds is 3. The summed E-state index contributed by atoms with van der Waals surface area (Å²) in [6.07, 6.45) is 1.51. The molecule has 1 saturated heterocycles. The van der Waals surface area contributed by atoms with Crippen molar-refractivity contribution in [2.75, 3.05) is 13.1 Å². The lowest BCUT2D eigenvalue weighted by molar-refractivity contribution is -0.169. The zero-order chi connectivity index (χ0) is 15.7. The molecule has 2 atom stereocenters. The van der Waals surface area contributed by atoms with Gasteiger partial charge in [0.05, 0.1) is 18.1 Å². The van der Waals surface area contributed by atoms with E-state index < -0.39 is 17.5 Å². The Labute approximate surface area is 129 Å². The van der Waals surface area contributed by atoms with Crippen LogP contribution >= 0.6 is 0 Å². The summed E-state index contributed by atoms with van der Waals surface area (Å²) in [5, 5.41) is 9.18. The molecule has 0 aromatic heterocycles. The smallest absolute Gasteiger partial charge is 0.334 e. The van der Waals surface area contributed by atoms with Gasteiger partial charge in [0.15, 0.2) is 6.10 Å². The first kappa shape index (κ1) is 15.0. The molecular formula is C17H21NO4. The van der Waals surface area contributed by atoms with Gasteiger partial charge in [0, 0.05) is 6.54 Å². The van der Waals surface area contributed by atoms with Crippen molar-refractivity contribution in [3.05, 3.63) is 35.9 Å². The Balaban J connectivity index is 1.84. The molecule has 0 radical (unpaired) electrons. The highest BCUT2D eigenvalue weighted by atomic mass is 16.5. The summed E-state index contributed by atoms with van der Waals surface area (Å²) < 4.78 is 5.40. The summed E-state index contributed by atoms with van der Waals surface area (Å²) in [7, 11) is 0. The maximum absolute atomic E-state index is 13.1. The highest BCUT2D eigenvalue weighted by Gasteiger charge is 2.49. The number of ether oxygens (including phenoxy) is 1. The lowest BCUT2D eigenvalue weighted by Crippen LogP contribution is -2.58. The minimum atomic E-state index is -1.01. The fraction of sp³-hybridized carbons (Fsp3) is 0.529. The van der Waals surface area contributed by atoms with E-state index in [1.54, 1.807) is 4.90 Å². The molecule has 0 spiro atoms. The first-order chi connectivity index (χ1) is 10.5. The number of carboxylic acid groups (broad SMARTS) is 1. The fourth-order valence-electron chi connectivity index (χ4n) is 3.47. The molecule has 22 heavy (non-hydrogen) atoms. The molecule has 5 nitrogen and oxygen atoms in total. The second kappa shape index (κ2) is 5.72. The van der Waals surface area contributed by atoms with Crippen molar-refractivity contribution in [1.29, 1.82) is 0 Å². The number of morpholine rings is 1. The largest absolute Gasteiger partial charge is 0.479 e. The predicted molar refractivity (Wildman–Crippen MR) is 80.5 cm³/mol. The van der Waals surface area contributed by atoms with E-state index in [1.165, 1.54) is 0 Å². The maximum atomic E-state index is 13.1. The molecular weight excluding hydrogens is 282 g/mol. The molecule has 2 fully saturated rings. The van der Waals surface area contributed by atoms with Crippen LogP contribution < -0.4 is 0 Å². The number of amides is 1. The molecule has 1 saturated carbocycles. The Morgan fingerprint density at radius 2 is 1.91 bits per heavy atom. The van der Waals surface area contributed by atoms with Crippen LogP contribution in [0.1, 0.15) is 31.7 Å². The molecule has 1 unspecified atom stereocenters. The average molecular weight is 303 g/mol. The summed E-state index contributed by atoms with van der Waals surface area (Å²) in [5.41, 5.74) is 0.568. The molecule has 1 aromatic rings. The van der Waals surface area contributed by atoms with Crippen LogP contribution in [0.2, 0.25) is 0 Å². The van der Waals surface area contributed by atoms with Crippen LogP contribution in [0.15, 0.2) is 30.3 Å². The van der Waals surface area contributed by atoms with Crippen LogP contribution in [0.5, 0.6) is 0 Å². The van der Waals surface area contributed by atoms with Gasteiger partial charge in [-0.05, 0) is 25.3 Å². The van der Waals surface area contributed by atoms with Crippen molar-refractivity contribution in [1.82, 2.24) is 4.90 Å². The molecule has 1 aliphatic heterocycles. The first-order valence-corrected chi connectivity index (χ1v) is 7.76. The van der Waals surface area contributed by atoms with Gasteiger partial charge in [0.25, 0.3) is 0 Å². The van der Waals surface area contributed by atoms with E-state index in [4.69, 9.17) is 4.74 Å². The number of aliphatic carboxylic acids is 1. The Morgan fingerprint density at radius 1 is 1.23 bits per heavy atom. The van der Waals surface area contributed by atoms with Crippen molar-refractivity contribution in [3.8, 4) is 0 Å². The molecule has 1 aliphatic carbocycles. The third-order valence-electron chi connectivity index (χ3n) is 4.77. The number of hydrogen-bond acceptors (Lipinski definition) is 3. The summed E-state index contributed by atoms with van der Waals surface area (Å²) in [4.78, 5) is 26.0. The van der Waals surface area contributed by atoms with Gasteiger partial charge in [-0.1, -0.05) is 36.8 Å². The van der Waals surface area contributed by atoms with Crippen molar-refractivity contribution >= 4 is 11.9 Å². The van der Waals surface area contributed by atoms with Crippen LogP contribution in [-0.2, 0) is 19.7 Å². The minimum Gasteiger partial charge on any atom is -0.479 e. The van der Waals surface area contributed by atoms with Gasteiger partial charge >= 0.3 is 5.97 Å². The Bertz CT molecular complexity index is 567. The van der Waals surface area contributed by atoms with Gasteiger partial charge in [0.2, 0.25) is 5.91 Å². The number of carbonyl (C=O) groups is 2. The van der Waals surface area contributed by atoms with Gasteiger partial charge in [0.1, 0.15) is 0 Å². The Morgan fingerprint density at radius 3 is 2.45 bits per heavy atom. The van der Waals surface area contributed by atoms with Crippen molar-refractivity contribution < 1.29 is 19.4 Å². The van der Waals surface area contributed by atoms with E-state index in [-0.39, 0.29) is 18.6 Å². The van der Waals surface area contributed by atoms with E-state index in [1.807, 2.05) is 37.3 Å². The van der Waals surface area contributed by atoms with Crippen LogP contribution in [0, 0.1) is 0 Å². The van der Waals surface area contributed by atoms with E-state index in [2.05, 4.69) is 0 Å². The monoisotopic (exact) mass is 303 g/mol. The quantitative estimate of drug-likeness (QED) is 0.925. The van der Waals surface area contributed by atoms with Crippen molar-refractivity contribution in [2.45, 2.75) is 43.8 Å². The van der Waals surface area contributed by atoms with Gasteiger partial charge in [-0.25, -0.2) is 4.79 Å². The van der Waals surface area contributed by atoms with Crippen molar-refractivity contribution in [2.24, 2.45) is 0 Å². The van der Waals surface area contributed by atoms with E-state index in [0.717, 1.165) is 24.8 Å². The highest BCUT2D eigenvalue weighted by Crippen LogP contribution is 2.45. The molecule has 1 heterocycles. The topological polar surface area (TPSA) is 66.8 Å². The third kappa shape index (κ3) is 2.50. The molecule has 2 aliphatic rings. The maximum Gasteiger partial charge on any atom is 0.334 e. The lowest BCUT2D eigenvalue weighted by atomic mass is 9.63. The number of hydrogen-bond donors (Lipinski definition) is 1. The molecule has 1 N–H and O–H groups in total. The molecule has 1 aromatic carbocycles. The number of carbonyl (C=O) groups excluding carboxylic acids is 1. The van der Waals surface area contributed by atoms with E-state index in [9.17, 15) is 14.7 Å². The van der Waals surface area contributed by atoms with Crippen LogP contribution in [0.3, 0.4) is 0 Å². The number of carboxylic acids is 1. The van der Waals surface area contributed by atoms with Gasteiger partial charge in [-0.2, -0.15) is 0 Å². The Hall–Kier alpha value is -1.88. The van der Waals surface area contributed by atoms with Crippen LogP contribution in [0.4, 0.5) is 0 Å². The van der Waals surface area contributed by atoms with Crippen molar-refractivity contribution in [3.63, 3.8) is 0 Å². The molecule has 3 rings (SSSR count). The summed E-state index contributed by atoms with van der Waals surface area (Å²) in [6.45, 7) is 2.40. The zero-order valence-electron chi connectivity index (χ0n) is 12.7. The van der Waals surface area contributed by atoms with Crippen LogP contribution in [0.25, 0.3) is 0 Å². The summed E-state index contributed by atoms with van der Waals surface area (Å²) in [5.74, 6) is -0.960. The molecule has 5 heteroatoms. The molecule has 0 bridgehead atoms. The minimum absolute atomic E-state index is 0.0475. The van der Waals surface area contributed by atoms with Gasteiger partial charge < -0.3 is 14.7 Å². The third-order valence-corrected chi connectivity index (χ3v) is 4.77. The standard InChI is InChI=1S/C17H21NO4/c1-12-10-18(11-14(22-12)15(19)20)16(21)17(8-5-9-17)13-6-3-2-4-7-13/h2-4,6-7,12,14H,5,8-11H2,1H3,(H,19,20)/t12-,14?/m1/s1. The first-order valence-electron chi connectivity index (χ1n) is 7.76. The molecule has 1 amide bonds. The highest BCUT2D eigenvalue weighted by molar-refractivity contribution is 5.90. The van der Waals surface area contributed by atoms with Gasteiger partial charge in [-0.3, -0.25) is 4.79 Å². The van der Waals surface area contributed by atoms with E-state index >= 15 is 0 Å². The molecule has 118 valence electrons.